The molecule has 5 nitrogen and oxygen atoms in total. The van der Waals surface area contributed by atoms with Crippen molar-refractivity contribution in [3.8, 4) is 0 Å². The zero-order valence-corrected chi connectivity index (χ0v) is 12.7. The van der Waals surface area contributed by atoms with Crippen LogP contribution < -0.4 is 10.6 Å². The van der Waals surface area contributed by atoms with Crippen molar-refractivity contribution in [2.75, 3.05) is 6.54 Å². The van der Waals surface area contributed by atoms with E-state index in [4.69, 9.17) is 0 Å². The first kappa shape index (κ1) is 17.0. The van der Waals surface area contributed by atoms with Crippen molar-refractivity contribution in [2.45, 2.75) is 76.8 Å². The molecule has 0 bridgehead atoms. The third-order valence-corrected chi connectivity index (χ3v) is 4.06. The summed E-state index contributed by atoms with van der Waals surface area (Å²) < 4.78 is 0. The van der Waals surface area contributed by atoms with E-state index in [9.17, 15) is 14.7 Å². The van der Waals surface area contributed by atoms with Crippen LogP contribution in [0.25, 0.3) is 0 Å². The zero-order valence-electron chi connectivity index (χ0n) is 12.7. The molecule has 116 valence electrons. The molecule has 1 atom stereocenters. The lowest BCUT2D eigenvalue weighted by atomic mass is 9.95. The van der Waals surface area contributed by atoms with Crippen LogP contribution in [0.15, 0.2) is 0 Å². The predicted octanol–water partition coefficient (Wildman–Crippen LogP) is 2.06. The molecule has 0 aliphatic heterocycles. The number of carbonyl (C=O) groups excluding carboxylic acids is 1. The van der Waals surface area contributed by atoms with Crippen LogP contribution in [0.3, 0.4) is 0 Å². The van der Waals surface area contributed by atoms with Gasteiger partial charge in [-0.05, 0) is 26.2 Å². The van der Waals surface area contributed by atoms with Gasteiger partial charge in [0.2, 0.25) is 5.91 Å². The van der Waals surface area contributed by atoms with Crippen LogP contribution in [0.5, 0.6) is 0 Å². The average molecular weight is 284 g/mol. The van der Waals surface area contributed by atoms with Crippen LogP contribution in [0, 0.1) is 0 Å². The van der Waals surface area contributed by atoms with Crippen LogP contribution in [0.4, 0.5) is 0 Å². The molecule has 1 aliphatic carbocycles. The summed E-state index contributed by atoms with van der Waals surface area (Å²) in [6, 6.07) is 0.317. The number of carboxylic acids is 1. The van der Waals surface area contributed by atoms with Crippen molar-refractivity contribution >= 4 is 11.9 Å². The van der Waals surface area contributed by atoms with Crippen molar-refractivity contribution < 1.29 is 14.7 Å². The van der Waals surface area contributed by atoms with Gasteiger partial charge in [0.05, 0.1) is 0 Å². The number of carbonyl (C=O) groups is 2. The Balaban J connectivity index is 2.27. The van der Waals surface area contributed by atoms with Gasteiger partial charge in [-0.15, -0.1) is 0 Å². The molecule has 0 saturated heterocycles. The van der Waals surface area contributed by atoms with Gasteiger partial charge in [-0.3, -0.25) is 9.59 Å². The third kappa shape index (κ3) is 5.49. The number of nitrogens with one attached hydrogen (secondary N) is 2. The Labute approximate surface area is 121 Å². The average Bonchev–Trinajstić information content (AvgIpc) is 2.40. The molecule has 1 amide bonds. The Kier molecular flexibility index (Phi) is 6.99. The first-order chi connectivity index (χ1) is 9.48. The van der Waals surface area contributed by atoms with Crippen molar-refractivity contribution in [1.29, 1.82) is 0 Å². The normalized spacial score (nSPS) is 19.3. The summed E-state index contributed by atoms with van der Waals surface area (Å²) in [6.07, 6.45) is 7.49. The second-order valence-electron chi connectivity index (χ2n) is 5.97. The fourth-order valence-corrected chi connectivity index (χ4v) is 2.77. The minimum Gasteiger partial charge on any atom is -0.480 e. The number of amides is 1. The molecule has 1 unspecified atom stereocenters. The molecule has 1 saturated carbocycles. The van der Waals surface area contributed by atoms with E-state index in [1.807, 2.05) is 6.92 Å². The summed E-state index contributed by atoms with van der Waals surface area (Å²) in [6.45, 7) is 4.04. The summed E-state index contributed by atoms with van der Waals surface area (Å²) in [7, 11) is 0. The molecule has 20 heavy (non-hydrogen) atoms. The molecule has 0 heterocycles. The van der Waals surface area contributed by atoms with Crippen molar-refractivity contribution in [3.63, 3.8) is 0 Å². The maximum absolute atomic E-state index is 11.8. The Hall–Kier alpha value is -1.10. The number of carboxylic acid groups (broad SMARTS) is 1. The summed E-state index contributed by atoms with van der Waals surface area (Å²) >= 11 is 0. The second-order valence-corrected chi connectivity index (χ2v) is 5.97. The predicted molar refractivity (Wildman–Crippen MR) is 78.6 cm³/mol. The maximum Gasteiger partial charge on any atom is 0.323 e. The first-order valence-corrected chi connectivity index (χ1v) is 7.75. The van der Waals surface area contributed by atoms with Crippen molar-refractivity contribution in [1.82, 2.24) is 10.6 Å². The quantitative estimate of drug-likeness (QED) is 0.637. The van der Waals surface area contributed by atoms with Gasteiger partial charge in [-0.2, -0.15) is 0 Å². The highest BCUT2D eigenvalue weighted by molar-refractivity contribution is 5.79. The minimum atomic E-state index is -0.931. The highest BCUT2D eigenvalue weighted by Gasteiger charge is 2.31. The lowest BCUT2D eigenvalue weighted by molar-refractivity contribution is -0.144. The fraction of sp³-hybridized carbons (Fsp3) is 0.867. The molecule has 5 heteroatoms. The molecule has 0 aromatic heterocycles. The smallest absolute Gasteiger partial charge is 0.323 e. The monoisotopic (exact) mass is 284 g/mol. The van der Waals surface area contributed by atoms with E-state index >= 15 is 0 Å². The summed E-state index contributed by atoms with van der Waals surface area (Å²) in [5.74, 6) is -0.833. The summed E-state index contributed by atoms with van der Waals surface area (Å²) in [5.41, 5.74) is -0.931. The SMILES string of the molecule is CCCC(C)(NCCC(=O)NC1CCCCC1)C(=O)O. The summed E-state index contributed by atoms with van der Waals surface area (Å²) in [4.78, 5) is 23.1. The van der Waals surface area contributed by atoms with E-state index in [1.54, 1.807) is 6.92 Å². The van der Waals surface area contributed by atoms with E-state index in [1.165, 1.54) is 19.3 Å². The van der Waals surface area contributed by atoms with Crippen molar-refractivity contribution in [2.24, 2.45) is 0 Å². The Morgan fingerprint density at radius 3 is 2.45 bits per heavy atom. The van der Waals surface area contributed by atoms with E-state index in [2.05, 4.69) is 10.6 Å². The standard InChI is InChI=1S/C15H28N2O3/c1-3-10-15(2,14(19)20)16-11-9-13(18)17-12-7-5-4-6-8-12/h12,16H,3-11H2,1-2H3,(H,17,18)(H,19,20). The van der Waals surface area contributed by atoms with Gasteiger partial charge >= 0.3 is 5.97 Å². The number of aliphatic carboxylic acids is 1. The third-order valence-electron chi connectivity index (χ3n) is 4.06. The molecule has 0 aromatic rings. The van der Waals surface area contributed by atoms with Gasteiger partial charge in [-0.25, -0.2) is 0 Å². The lowest BCUT2D eigenvalue weighted by Crippen LogP contribution is -2.50. The Morgan fingerprint density at radius 1 is 1.25 bits per heavy atom. The van der Waals surface area contributed by atoms with Crippen LogP contribution in [0.2, 0.25) is 0 Å². The van der Waals surface area contributed by atoms with Crippen LogP contribution in [0.1, 0.15) is 65.2 Å². The Bertz CT molecular complexity index is 327. The highest BCUT2D eigenvalue weighted by atomic mass is 16.4. The van der Waals surface area contributed by atoms with E-state index in [0.717, 1.165) is 19.3 Å². The number of rotatable bonds is 8. The molecular weight excluding hydrogens is 256 g/mol. The van der Waals surface area contributed by atoms with Crippen molar-refractivity contribution in [3.05, 3.63) is 0 Å². The van der Waals surface area contributed by atoms with E-state index < -0.39 is 11.5 Å². The van der Waals surface area contributed by atoms with Gasteiger partial charge in [-0.1, -0.05) is 32.6 Å². The largest absolute Gasteiger partial charge is 0.480 e. The lowest BCUT2D eigenvalue weighted by Gasteiger charge is -2.26. The highest BCUT2D eigenvalue weighted by Crippen LogP contribution is 2.17. The Morgan fingerprint density at radius 2 is 1.90 bits per heavy atom. The van der Waals surface area contributed by atoms with Crippen LogP contribution in [-0.4, -0.2) is 35.1 Å². The number of hydrogen-bond donors (Lipinski definition) is 3. The van der Waals surface area contributed by atoms with Crippen LogP contribution >= 0.6 is 0 Å². The van der Waals surface area contributed by atoms with E-state index in [0.29, 0.717) is 25.4 Å². The molecule has 1 rings (SSSR count). The van der Waals surface area contributed by atoms with Gasteiger partial charge in [0, 0.05) is 19.0 Å². The summed E-state index contributed by atoms with van der Waals surface area (Å²) in [5, 5.41) is 15.3. The van der Waals surface area contributed by atoms with Gasteiger partial charge < -0.3 is 15.7 Å². The molecule has 1 aliphatic rings. The zero-order chi connectivity index (χ0) is 15.0. The molecule has 0 spiro atoms. The maximum atomic E-state index is 11.8. The second kappa shape index (κ2) is 8.25. The molecule has 3 N–H and O–H groups in total. The van der Waals surface area contributed by atoms with E-state index in [-0.39, 0.29) is 5.91 Å². The number of hydrogen-bond acceptors (Lipinski definition) is 3. The minimum absolute atomic E-state index is 0.0219. The molecular formula is C15H28N2O3. The van der Waals surface area contributed by atoms with Gasteiger partial charge in [0.1, 0.15) is 5.54 Å². The first-order valence-electron chi connectivity index (χ1n) is 7.75. The molecule has 0 radical (unpaired) electrons. The van der Waals surface area contributed by atoms with Gasteiger partial charge in [0.25, 0.3) is 0 Å². The topological polar surface area (TPSA) is 78.4 Å². The molecule has 0 aromatic carbocycles. The van der Waals surface area contributed by atoms with Gasteiger partial charge in [0.15, 0.2) is 0 Å². The van der Waals surface area contributed by atoms with Crippen LogP contribution in [-0.2, 0) is 9.59 Å². The fourth-order valence-electron chi connectivity index (χ4n) is 2.77. The molecule has 1 fully saturated rings.